The average Bonchev–Trinajstić information content (AvgIpc) is 2.44. The Kier molecular flexibility index (Phi) is 8.50. The zero-order valence-electron chi connectivity index (χ0n) is 12.0. The van der Waals surface area contributed by atoms with Gasteiger partial charge in [-0.1, -0.05) is 48.7 Å². The third-order valence-corrected chi connectivity index (χ3v) is 4.21. The molecule has 1 atom stereocenters. The Morgan fingerprint density at radius 3 is 2.65 bits per heavy atom. The van der Waals surface area contributed by atoms with Crippen molar-refractivity contribution in [3.05, 3.63) is 33.8 Å². The summed E-state index contributed by atoms with van der Waals surface area (Å²) in [6.45, 7) is 4.87. The number of halogens is 2. The number of nitrogens with two attached hydrogens (primary N) is 1. The maximum Gasteiger partial charge on any atom is 0.0640 e. The number of hydrogen-bond donors (Lipinski definition) is 2. The lowest BCUT2D eigenvalue weighted by Gasteiger charge is -2.23. The van der Waals surface area contributed by atoms with Crippen LogP contribution in [0.25, 0.3) is 0 Å². The van der Waals surface area contributed by atoms with Crippen LogP contribution in [0.3, 0.4) is 0 Å². The highest BCUT2D eigenvalue weighted by atomic mass is 35.5. The van der Waals surface area contributed by atoms with Crippen molar-refractivity contribution in [2.75, 3.05) is 26.2 Å². The molecule has 3 nitrogen and oxygen atoms in total. The molecule has 0 spiro atoms. The van der Waals surface area contributed by atoms with Crippen molar-refractivity contribution in [2.24, 2.45) is 5.73 Å². The van der Waals surface area contributed by atoms with Gasteiger partial charge in [0, 0.05) is 19.1 Å². The molecule has 0 fully saturated rings. The second-order valence-electron chi connectivity index (χ2n) is 4.96. The first-order valence-corrected chi connectivity index (χ1v) is 7.88. The van der Waals surface area contributed by atoms with Crippen molar-refractivity contribution >= 4 is 23.2 Å². The number of benzene rings is 1. The highest BCUT2D eigenvalue weighted by molar-refractivity contribution is 6.42. The molecular weight excluding hydrogens is 295 g/mol. The summed E-state index contributed by atoms with van der Waals surface area (Å²) in [6, 6.07) is 5.41. The highest BCUT2D eigenvalue weighted by Gasteiger charge is 2.14. The fraction of sp³-hybridized carbons (Fsp3) is 0.600. The van der Waals surface area contributed by atoms with Gasteiger partial charge in [0.2, 0.25) is 0 Å². The summed E-state index contributed by atoms with van der Waals surface area (Å²) in [6.07, 6.45) is 3.07. The lowest BCUT2D eigenvalue weighted by atomic mass is 10.0. The zero-order valence-corrected chi connectivity index (χ0v) is 13.5. The quantitative estimate of drug-likeness (QED) is 0.733. The third kappa shape index (κ3) is 5.58. The van der Waals surface area contributed by atoms with E-state index in [0.717, 1.165) is 37.9 Å². The lowest BCUT2D eigenvalue weighted by Crippen LogP contribution is -2.31. The van der Waals surface area contributed by atoms with Crippen molar-refractivity contribution in [3.8, 4) is 0 Å². The first-order valence-electron chi connectivity index (χ1n) is 7.12. The van der Waals surface area contributed by atoms with E-state index in [2.05, 4.69) is 11.8 Å². The van der Waals surface area contributed by atoms with Gasteiger partial charge in [0.1, 0.15) is 0 Å². The molecule has 0 aliphatic heterocycles. The molecule has 1 unspecified atom stereocenters. The van der Waals surface area contributed by atoms with Gasteiger partial charge in [-0.15, -0.1) is 0 Å². The van der Waals surface area contributed by atoms with Crippen LogP contribution >= 0.6 is 23.2 Å². The minimum Gasteiger partial charge on any atom is -0.395 e. The van der Waals surface area contributed by atoms with Gasteiger partial charge in [-0.05, 0) is 31.0 Å². The van der Waals surface area contributed by atoms with E-state index in [9.17, 15) is 0 Å². The van der Waals surface area contributed by atoms with Gasteiger partial charge < -0.3 is 15.7 Å². The van der Waals surface area contributed by atoms with Crippen LogP contribution in [0.4, 0.5) is 0 Å². The minimum atomic E-state index is -0.135. The van der Waals surface area contributed by atoms with Crippen LogP contribution in [0.15, 0.2) is 18.2 Å². The molecule has 0 radical (unpaired) electrons. The van der Waals surface area contributed by atoms with Crippen molar-refractivity contribution in [3.63, 3.8) is 0 Å². The minimum absolute atomic E-state index is 0.135. The van der Waals surface area contributed by atoms with Gasteiger partial charge in [0.15, 0.2) is 0 Å². The van der Waals surface area contributed by atoms with E-state index in [-0.39, 0.29) is 12.6 Å². The molecule has 5 heteroatoms. The Balaban J connectivity index is 2.55. The summed E-state index contributed by atoms with van der Waals surface area (Å²) >= 11 is 12.2. The lowest BCUT2D eigenvalue weighted by molar-refractivity contribution is 0.189. The normalized spacial score (nSPS) is 12.9. The fourth-order valence-corrected chi connectivity index (χ4v) is 2.59. The van der Waals surface area contributed by atoms with Crippen molar-refractivity contribution in [1.82, 2.24) is 4.90 Å². The molecule has 1 aromatic carbocycles. The summed E-state index contributed by atoms with van der Waals surface area (Å²) in [7, 11) is 0. The van der Waals surface area contributed by atoms with Crippen LogP contribution < -0.4 is 5.73 Å². The molecule has 0 saturated heterocycles. The van der Waals surface area contributed by atoms with E-state index < -0.39 is 0 Å². The Bertz CT molecular complexity index is 401. The first kappa shape index (κ1) is 17.7. The number of aliphatic hydroxyl groups is 1. The summed E-state index contributed by atoms with van der Waals surface area (Å²) in [5.74, 6) is 0. The zero-order chi connectivity index (χ0) is 15.0. The number of aliphatic hydroxyl groups excluding tert-OH is 1. The topological polar surface area (TPSA) is 49.5 Å². The van der Waals surface area contributed by atoms with Gasteiger partial charge >= 0.3 is 0 Å². The molecule has 0 aliphatic rings. The molecule has 0 heterocycles. The second-order valence-corrected chi connectivity index (χ2v) is 5.74. The van der Waals surface area contributed by atoms with Gasteiger partial charge in [-0.3, -0.25) is 0 Å². The predicted molar refractivity (Wildman–Crippen MR) is 86.4 cm³/mol. The summed E-state index contributed by atoms with van der Waals surface area (Å²) in [5.41, 5.74) is 7.09. The van der Waals surface area contributed by atoms with Crippen LogP contribution in [0.1, 0.15) is 37.8 Å². The maximum atomic E-state index is 9.09. The molecule has 0 bridgehead atoms. The summed E-state index contributed by atoms with van der Waals surface area (Å²) in [4.78, 5) is 2.24. The number of rotatable bonds is 9. The predicted octanol–water partition coefficient (Wildman–Crippen LogP) is 3.48. The van der Waals surface area contributed by atoms with Crippen LogP contribution in [0, 0.1) is 0 Å². The Morgan fingerprint density at radius 2 is 2.00 bits per heavy atom. The number of nitrogens with zero attached hydrogens (tertiary/aromatic N) is 1. The second kappa shape index (κ2) is 9.59. The van der Waals surface area contributed by atoms with Gasteiger partial charge in [-0.25, -0.2) is 0 Å². The smallest absolute Gasteiger partial charge is 0.0640 e. The molecule has 0 aliphatic carbocycles. The van der Waals surface area contributed by atoms with E-state index in [1.54, 1.807) is 6.07 Å². The summed E-state index contributed by atoms with van der Waals surface area (Å²) in [5, 5.41) is 10.2. The molecule has 114 valence electrons. The standard InChI is InChI=1S/C15H24Cl2N2O/c1-2-3-8-19(10-11-20)9-7-14(18)12-5-4-6-13(16)15(12)17/h4-6,14,20H,2-3,7-11,18H2,1H3. The van der Waals surface area contributed by atoms with E-state index in [1.165, 1.54) is 0 Å². The van der Waals surface area contributed by atoms with E-state index in [0.29, 0.717) is 16.6 Å². The Hall–Kier alpha value is -0.320. The average molecular weight is 319 g/mol. The van der Waals surface area contributed by atoms with Crippen molar-refractivity contribution < 1.29 is 5.11 Å². The van der Waals surface area contributed by atoms with Gasteiger partial charge in [0.05, 0.1) is 16.7 Å². The SMILES string of the molecule is CCCCN(CCO)CCC(N)c1cccc(Cl)c1Cl. The number of hydrogen-bond acceptors (Lipinski definition) is 3. The van der Waals surface area contributed by atoms with E-state index >= 15 is 0 Å². The first-order chi connectivity index (χ1) is 9.60. The van der Waals surface area contributed by atoms with Crippen LogP contribution in [0.2, 0.25) is 10.0 Å². The monoisotopic (exact) mass is 318 g/mol. The van der Waals surface area contributed by atoms with Crippen molar-refractivity contribution in [1.29, 1.82) is 0 Å². The maximum absolute atomic E-state index is 9.09. The van der Waals surface area contributed by atoms with E-state index in [1.807, 2.05) is 12.1 Å². The van der Waals surface area contributed by atoms with E-state index in [4.69, 9.17) is 34.0 Å². The molecule has 20 heavy (non-hydrogen) atoms. The van der Waals surface area contributed by atoms with Crippen LogP contribution in [0.5, 0.6) is 0 Å². The van der Waals surface area contributed by atoms with Crippen LogP contribution in [-0.4, -0.2) is 36.2 Å². The Morgan fingerprint density at radius 1 is 1.25 bits per heavy atom. The van der Waals surface area contributed by atoms with Gasteiger partial charge in [0.25, 0.3) is 0 Å². The van der Waals surface area contributed by atoms with Crippen molar-refractivity contribution in [2.45, 2.75) is 32.2 Å². The molecule has 0 aromatic heterocycles. The van der Waals surface area contributed by atoms with Crippen LogP contribution in [-0.2, 0) is 0 Å². The largest absolute Gasteiger partial charge is 0.395 e. The molecule has 3 N–H and O–H groups in total. The molecular formula is C15H24Cl2N2O. The highest BCUT2D eigenvalue weighted by Crippen LogP contribution is 2.30. The third-order valence-electron chi connectivity index (χ3n) is 3.38. The Labute approximate surface area is 131 Å². The van der Waals surface area contributed by atoms with Gasteiger partial charge in [-0.2, -0.15) is 0 Å². The summed E-state index contributed by atoms with van der Waals surface area (Å²) < 4.78 is 0. The molecule has 1 aromatic rings. The molecule has 1 rings (SSSR count). The molecule has 0 saturated carbocycles. The molecule has 0 amide bonds. The number of unbranched alkanes of at least 4 members (excludes halogenated alkanes) is 1. The fourth-order valence-electron chi connectivity index (χ4n) is 2.14.